The van der Waals surface area contributed by atoms with E-state index in [-0.39, 0.29) is 4.84 Å². The van der Waals surface area contributed by atoms with Crippen molar-refractivity contribution in [3.8, 4) is 0 Å². The van der Waals surface area contributed by atoms with Gasteiger partial charge in [0.25, 0.3) is 4.84 Å². The van der Waals surface area contributed by atoms with Crippen LogP contribution in [0.5, 0.6) is 0 Å². The van der Waals surface area contributed by atoms with Crippen molar-refractivity contribution in [3.05, 3.63) is 34.9 Å². The van der Waals surface area contributed by atoms with Gasteiger partial charge in [0, 0.05) is 13.2 Å². The standard InChI is InChI=1S/C10H9N5OS/c1-15-7(5-8-13-14-10(17)16-8)12-6-3-2-4-11-9(6)15/h2-4H,5H2,1H3,(H,14,17). The summed E-state index contributed by atoms with van der Waals surface area (Å²) in [5.41, 5.74) is 1.70. The molecule has 3 aromatic rings. The Kier molecular flexibility index (Phi) is 2.25. The van der Waals surface area contributed by atoms with Gasteiger partial charge in [-0.3, -0.25) is 0 Å². The van der Waals surface area contributed by atoms with Gasteiger partial charge in [-0.2, -0.15) is 0 Å². The first-order valence-corrected chi connectivity index (χ1v) is 5.45. The summed E-state index contributed by atoms with van der Waals surface area (Å²) < 4.78 is 7.13. The Morgan fingerprint density at radius 2 is 2.41 bits per heavy atom. The molecule has 6 nitrogen and oxygen atoms in total. The molecule has 0 atom stereocenters. The molecule has 0 aromatic carbocycles. The first-order chi connectivity index (χ1) is 8.24. The molecule has 1 N–H and O–H groups in total. The Labute approximate surface area is 101 Å². The fraction of sp³-hybridized carbons (Fsp3) is 0.200. The van der Waals surface area contributed by atoms with Gasteiger partial charge < -0.3 is 8.98 Å². The maximum absolute atomic E-state index is 5.21. The molecule has 0 aliphatic heterocycles. The smallest absolute Gasteiger partial charge is 0.284 e. The van der Waals surface area contributed by atoms with Gasteiger partial charge >= 0.3 is 0 Å². The van der Waals surface area contributed by atoms with Crippen LogP contribution in [-0.4, -0.2) is 24.7 Å². The summed E-state index contributed by atoms with van der Waals surface area (Å²) in [6.45, 7) is 0. The lowest BCUT2D eigenvalue weighted by Crippen LogP contribution is -1.99. The molecule has 7 heteroatoms. The highest BCUT2D eigenvalue weighted by atomic mass is 32.1. The van der Waals surface area contributed by atoms with Gasteiger partial charge in [0.1, 0.15) is 11.3 Å². The van der Waals surface area contributed by atoms with Gasteiger partial charge in [-0.25, -0.2) is 15.1 Å². The van der Waals surface area contributed by atoms with Crippen LogP contribution >= 0.6 is 12.2 Å². The number of hydrogen-bond acceptors (Lipinski definition) is 5. The fourth-order valence-electron chi connectivity index (χ4n) is 1.70. The molecule has 3 heterocycles. The number of imidazole rings is 1. The lowest BCUT2D eigenvalue weighted by Gasteiger charge is -1.97. The Hall–Kier alpha value is -2.02. The summed E-state index contributed by atoms with van der Waals surface area (Å²) >= 11 is 4.82. The number of rotatable bonds is 2. The van der Waals surface area contributed by atoms with E-state index in [0.29, 0.717) is 12.3 Å². The van der Waals surface area contributed by atoms with Crippen molar-refractivity contribution < 1.29 is 4.42 Å². The molecule has 0 bridgehead atoms. The molecule has 0 saturated heterocycles. The molecular weight excluding hydrogens is 238 g/mol. The number of fused-ring (bicyclic) bond motifs is 1. The van der Waals surface area contributed by atoms with E-state index in [1.165, 1.54) is 0 Å². The van der Waals surface area contributed by atoms with Crippen LogP contribution in [0, 0.1) is 4.84 Å². The molecule has 3 aromatic heterocycles. The van der Waals surface area contributed by atoms with Gasteiger partial charge in [-0.1, -0.05) is 0 Å². The predicted molar refractivity (Wildman–Crippen MR) is 63.0 cm³/mol. The lowest BCUT2D eigenvalue weighted by atomic mass is 10.4. The number of hydrogen-bond donors (Lipinski definition) is 1. The first-order valence-electron chi connectivity index (χ1n) is 5.05. The van der Waals surface area contributed by atoms with Crippen LogP contribution in [0.3, 0.4) is 0 Å². The molecule has 3 rings (SSSR count). The molecule has 0 radical (unpaired) electrons. The Morgan fingerprint density at radius 3 is 3.12 bits per heavy atom. The van der Waals surface area contributed by atoms with Crippen molar-refractivity contribution in [2.45, 2.75) is 6.42 Å². The van der Waals surface area contributed by atoms with Crippen molar-refractivity contribution in [1.82, 2.24) is 24.7 Å². The van der Waals surface area contributed by atoms with Crippen LogP contribution in [-0.2, 0) is 13.5 Å². The van der Waals surface area contributed by atoms with Crippen LogP contribution < -0.4 is 0 Å². The van der Waals surface area contributed by atoms with Crippen LogP contribution in [0.15, 0.2) is 22.7 Å². The van der Waals surface area contributed by atoms with Crippen LogP contribution in [0.1, 0.15) is 11.7 Å². The topological polar surface area (TPSA) is 72.5 Å². The average Bonchev–Trinajstić information content (AvgIpc) is 2.86. The zero-order valence-corrected chi connectivity index (χ0v) is 9.86. The minimum Gasteiger partial charge on any atom is -0.414 e. The molecule has 17 heavy (non-hydrogen) atoms. The molecule has 0 unspecified atom stereocenters. The lowest BCUT2D eigenvalue weighted by molar-refractivity contribution is 0.486. The second-order valence-electron chi connectivity index (χ2n) is 3.62. The second-order valence-corrected chi connectivity index (χ2v) is 3.99. The maximum atomic E-state index is 5.21. The molecule has 86 valence electrons. The highest BCUT2D eigenvalue weighted by Gasteiger charge is 2.11. The SMILES string of the molecule is Cn1c(Cc2n[nH]c(=S)o2)nc2cccnc21. The molecule has 0 amide bonds. The maximum Gasteiger partial charge on any atom is 0.284 e. The number of nitrogens with one attached hydrogen (secondary N) is 1. The quantitative estimate of drug-likeness (QED) is 0.696. The monoisotopic (exact) mass is 247 g/mol. The number of H-pyrrole nitrogens is 1. The summed E-state index contributed by atoms with van der Waals surface area (Å²) in [7, 11) is 1.92. The van der Waals surface area contributed by atoms with Gasteiger partial charge in [0.15, 0.2) is 5.65 Å². The van der Waals surface area contributed by atoms with Crippen molar-refractivity contribution >= 4 is 23.4 Å². The Morgan fingerprint density at radius 1 is 1.53 bits per heavy atom. The van der Waals surface area contributed by atoms with E-state index in [9.17, 15) is 0 Å². The number of nitrogens with zero attached hydrogens (tertiary/aromatic N) is 4. The van der Waals surface area contributed by atoms with Crippen LogP contribution in [0.2, 0.25) is 0 Å². The van der Waals surface area contributed by atoms with Gasteiger partial charge in [0.05, 0.1) is 6.42 Å². The van der Waals surface area contributed by atoms with E-state index < -0.39 is 0 Å². The molecule has 0 spiro atoms. The average molecular weight is 247 g/mol. The van der Waals surface area contributed by atoms with E-state index in [1.54, 1.807) is 6.20 Å². The van der Waals surface area contributed by atoms with Crippen molar-refractivity contribution in [3.63, 3.8) is 0 Å². The van der Waals surface area contributed by atoms with Crippen molar-refractivity contribution in [1.29, 1.82) is 0 Å². The fourth-order valence-corrected chi connectivity index (χ4v) is 1.84. The van der Waals surface area contributed by atoms with Crippen molar-refractivity contribution in [2.75, 3.05) is 0 Å². The third kappa shape index (κ3) is 1.74. The van der Waals surface area contributed by atoms with Crippen LogP contribution in [0.4, 0.5) is 0 Å². The molecule has 0 aliphatic carbocycles. The largest absolute Gasteiger partial charge is 0.414 e. The Bertz CT molecular complexity index is 725. The van der Waals surface area contributed by atoms with E-state index in [0.717, 1.165) is 17.0 Å². The van der Waals surface area contributed by atoms with E-state index in [4.69, 9.17) is 16.6 Å². The summed E-state index contributed by atoms with van der Waals surface area (Å²) in [6.07, 6.45) is 2.23. The predicted octanol–water partition coefficient (Wildman–Crippen LogP) is 1.60. The van der Waals surface area contributed by atoms with E-state index in [2.05, 4.69) is 20.2 Å². The van der Waals surface area contributed by atoms with E-state index in [1.807, 2.05) is 23.7 Å². The zero-order chi connectivity index (χ0) is 11.8. The summed E-state index contributed by atoms with van der Waals surface area (Å²) in [6, 6.07) is 3.78. The van der Waals surface area contributed by atoms with Crippen LogP contribution in [0.25, 0.3) is 11.2 Å². The molecular formula is C10H9N5OS. The third-order valence-corrected chi connectivity index (χ3v) is 2.69. The van der Waals surface area contributed by atoms with E-state index >= 15 is 0 Å². The highest BCUT2D eigenvalue weighted by molar-refractivity contribution is 7.71. The second kappa shape index (κ2) is 3.77. The summed E-state index contributed by atoms with van der Waals surface area (Å²) in [5, 5.41) is 6.54. The number of aromatic amines is 1. The van der Waals surface area contributed by atoms with Gasteiger partial charge in [0.2, 0.25) is 5.89 Å². The Balaban J connectivity index is 2.06. The summed E-state index contributed by atoms with van der Waals surface area (Å²) in [4.78, 5) is 9.01. The minimum absolute atomic E-state index is 0.275. The molecule has 0 aliphatic rings. The number of aromatic nitrogens is 5. The first kappa shape index (κ1) is 10.2. The highest BCUT2D eigenvalue weighted by Crippen LogP contribution is 2.13. The number of pyridine rings is 1. The normalized spacial score (nSPS) is 11.1. The molecule has 0 saturated carbocycles. The third-order valence-electron chi connectivity index (χ3n) is 2.51. The summed E-state index contributed by atoms with van der Waals surface area (Å²) in [5.74, 6) is 1.36. The minimum atomic E-state index is 0.275. The van der Waals surface area contributed by atoms with Gasteiger partial charge in [-0.05, 0) is 24.4 Å². The zero-order valence-electron chi connectivity index (χ0n) is 9.04. The van der Waals surface area contributed by atoms with Gasteiger partial charge in [-0.15, -0.1) is 5.10 Å². The number of aryl methyl sites for hydroxylation is 1. The molecule has 0 fully saturated rings. The van der Waals surface area contributed by atoms with Crippen molar-refractivity contribution in [2.24, 2.45) is 7.05 Å².